The number of methoxy groups -OCH3 is 1. The molecule has 1 unspecified atom stereocenters. The van der Waals surface area contributed by atoms with Gasteiger partial charge in [-0.3, -0.25) is 19.3 Å². The van der Waals surface area contributed by atoms with Crippen molar-refractivity contribution >= 4 is 57.5 Å². The molecule has 11 heteroatoms. The fraction of sp³-hybridized carbons (Fsp3) is 0.258. The van der Waals surface area contributed by atoms with Crippen molar-refractivity contribution in [2.75, 3.05) is 49.3 Å². The van der Waals surface area contributed by atoms with Crippen LogP contribution in [0.2, 0.25) is 0 Å². The molecule has 1 saturated heterocycles. The molecule has 3 aromatic carbocycles. The van der Waals surface area contributed by atoms with Crippen LogP contribution in [0.4, 0.5) is 17.1 Å². The molecule has 0 bridgehead atoms. The van der Waals surface area contributed by atoms with E-state index in [1.165, 1.54) is 11.8 Å². The Morgan fingerprint density at radius 1 is 0.952 bits per heavy atom. The number of benzene rings is 3. The van der Waals surface area contributed by atoms with Crippen molar-refractivity contribution in [3.05, 3.63) is 84.4 Å². The standard InChI is InChI=1S/C31H30N6O4S/c1-41-23-11-7-8-21(18-23)32-27(38)20-42-31-33-25-13-6-5-12-24(25)29-34-30(40)26(37(29)31)19-28(39)36-16-14-35(15-17-36)22-9-3-2-4-10-22/h2-13,18,26H,14-17,19-20H2,1H3,(H,32,38). The van der Waals surface area contributed by atoms with Crippen LogP contribution in [-0.4, -0.2) is 83.6 Å². The number of nitrogens with zero attached hydrogens (tertiary/aromatic N) is 5. The van der Waals surface area contributed by atoms with Crippen molar-refractivity contribution in [3.8, 4) is 5.75 Å². The molecule has 0 aliphatic carbocycles. The van der Waals surface area contributed by atoms with Crippen molar-refractivity contribution in [2.24, 2.45) is 9.98 Å². The minimum atomic E-state index is -0.819. The van der Waals surface area contributed by atoms with Gasteiger partial charge in [0.25, 0.3) is 5.91 Å². The van der Waals surface area contributed by atoms with Crippen LogP contribution < -0.4 is 15.0 Å². The lowest BCUT2D eigenvalue weighted by molar-refractivity contribution is -0.134. The molecule has 10 nitrogen and oxygen atoms in total. The van der Waals surface area contributed by atoms with Gasteiger partial charge in [0.1, 0.15) is 17.6 Å². The third-order valence-electron chi connectivity index (χ3n) is 7.42. The number of hydrogen-bond donors (Lipinski definition) is 1. The molecule has 6 rings (SSSR count). The molecule has 3 aliphatic rings. The Hall–Kier alpha value is -4.64. The molecule has 1 N–H and O–H groups in total. The highest BCUT2D eigenvalue weighted by Crippen LogP contribution is 2.35. The first-order valence-corrected chi connectivity index (χ1v) is 14.7. The fourth-order valence-electron chi connectivity index (χ4n) is 5.28. The van der Waals surface area contributed by atoms with E-state index in [0.717, 1.165) is 24.3 Å². The zero-order valence-corrected chi connectivity index (χ0v) is 23.9. The Morgan fingerprint density at radius 2 is 1.71 bits per heavy atom. The van der Waals surface area contributed by atoms with Gasteiger partial charge in [0.05, 0.1) is 25.0 Å². The molecule has 0 saturated carbocycles. The van der Waals surface area contributed by atoms with E-state index < -0.39 is 6.04 Å². The Kier molecular flexibility index (Phi) is 7.91. The van der Waals surface area contributed by atoms with Crippen molar-refractivity contribution in [1.82, 2.24) is 9.80 Å². The second-order valence-electron chi connectivity index (χ2n) is 10.0. The SMILES string of the molecule is COc1cccc(NC(=O)CSC2=Nc3ccccc3C3=NC(=O)C(CC(=O)N4CCN(c5ccccc5)CC4)N23)c1. The summed E-state index contributed by atoms with van der Waals surface area (Å²) in [6.07, 6.45) is -0.0189. The number of fused-ring (bicyclic) bond motifs is 3. The van der Waals surface area contributed by atoms with Gasteiger partial charge in [-0.2, -0.15) is 4.99 Å². The van der Waals surface area contributed by atoms with Gasteiger partial charge in [0.2, 0.25) is 11.8 Å². The quantitative estimate of drug-likeness (QED) is 0.452. The van der Waals surface area contributed by atoms with Crippen LogP contribution in [0.1, 0.15) is 12.0 Å². The van der Waals surface area contributed by atoms with E-state index in [2.05, 4.69) is 27.3 Å². The summed E-state index contributed by atoms with van der Waals surface area (Å²) in [4.78, 5) is 54.5. The number of nitrogens with one attached hydrogen (secondary N) is 1. The highest BCUT2D eigenvalue weighted by atomic mass is 32.2. The fourth-order valence-corrected chi connectivity index (χ4v) is 6.13. The molecule has 3 amide bonds. The predicted octanol–water partition coefficient (Wildman–Crippen LogP) is 3.76. The molecule has 42 heavy (non-hydrogen) atoms. The highest BCUT2D eigenvalue weighted by molar-refractivity contribution is 8.14. The number of anilines is 2. The lowest BCUT2D eigenvalue weighted by Gasteiger charge is -2.37. The normalized spacial score (nSPS) is 17.7. The Labute approximate surface area is 248 Å². The summed E-state index contributed by atoms with van der Waals surface area (Å²) in [6, 6.07) is 23.9. The van der Waals surface area contributed by atoms with Crippen LogP contribution in [0, 0.1) is 0 Å². The average molecular weight is 583 g/mol. The number of aliphatic imine (C=N–C) groups is 2. The van der Waals surface area contributed by atoms with Crippen molar-refractivity contribution < 1.29 is 19.1 Å². The predicted molar refractivity (Wildman–Crippen MR) is 165 cm³/mol. The van der Waals surface area contributed by atoms with E-state index >= 15 is 0 Å². The molecule has 214 valence electrons. The lowest BCUT2D eigenvalue weighted by atomic mass is 10.1. The van der Waals surface area contributed by atoms with Crippen LogP contribution in [0.3, 0.4) is 0 Å². The average Bonchev–Trinajstić information content (AvgIpc) is 3.36. The summed E-state index contributed by atoms with van der Waals surface area (Å²) in [5.74, 6) is 0.441. The number of amides is 3. The highest BCUT2D eigenvalue weighted by Gasteiger charge is 2.43. The summed E-state index contributed by atoms with van der Waals surface area (Å²) >= 11 is 1.21. The monoisotopic (exact) mass is 582 g/mol. The van der Waals surface area contributed by atoms with Crippen molar-refractivity contribution in [3.63, 3.8) is 0 Å². The second kappa shape index (κ2) is 12.1. The number of carbonyl (C=O) groups excluding carboxylic acids is 3. The maximum Gasteiger partial charge on any atom is 0.271 e. The van der Waals surface area contributed by atoms with Gasteiger partial charge >= 0.3 is 0 Å². The molecule has 1 fully saturated rings. The molecule has 0 aromatic heterocycles. The van der Waals surface area contributed by atoms with E-state index in [-0.39, 0.29) is 29.9 Å². The molecule has 3 aromatic rings. The smallest absolute Gasteiger partial charge is 0.271 e. The summed E-state index contributed by atoms with van der Waals surface area (Å²) in [6.45, 7) is 2.59. The third kappa shape index (κ3) is 5.73. The molecular weight excluding hydrogens is 552 g/mol. The number of amidine groups is 2. The zero-order valence-electron chi connectivity index (χ0n) is 23.1. The van der Waals surface area contributed by atoms with E-state index in [4.69, 9.17) is 9.73 Å². The summed E-state index contributed by atoms with van der Waals surface area (Å²) in [5, 5.41) is 3.33. The summed E-state index contributed by atoms with van der Waals surface area (Å²) < 4.78 is 5.23. The van der Waals surface area contributed by atoms with Gasteiger partial charge in [-0.1, -0.05) is 48.2 Å². The molecule has 1 atom stereocenters. The minimum Gasteiger partial charge on any atom is -0.497 e. The first kappa shape index (κ1) is 27.5. The van der Waals surface area contributed by atoms with Gasteiger partial charge in [-0.05, 0) is 36.4 Å². The summed E-state index contributed by atoms with van der Waals surface area (Å²) in [7, 11) is 1.57. The Balaban J connectivity index is 1.15. The molecule has 3 heterocycles. The van der Waals surface area contributed by atoms with Gasteiger partial charge in [0.15, 0.2) is 5.17 Å². The number of hydrogen-bond acceptors (Lipinski definition) is 8. The zero-order chi connectivity index (χ0) is 29.1. The Bertz CT molecular complexity index is 1570. The molecule has 0 spiro atoms. The summed E-state index contributed by atoms with van der Waals surface area (Å²) in [5.41, 5.74) is 3.14. The number of piperazine rings is 1. The number of ether oxygens (including phenoxy) is 1. The number of para-hydroxylation sites is 2. The number of thioether (sulfide) groups is 1. The first-order valence-electron chi connectivity index (χ1n) is 13.7. The second-order valence-corrected chi connectivity index (χ2v) is 11.0. The topological polar surface area (TPSA) is 107 Å². The third-order valence-corrected chi connectivity index (χ3v) is 8.37. The van der Waals surface area contributed by atoms with E-state index in [9.17, 15) is 14.4 Å². The molecule has 3 aliphatic heterocycles. The molecular formula is C31H30N6O4S. The van der Waals surface area contributed by atoms with E-state index in [1.807, 2.05) is 47.4 Å². The van der Waals surface area contributed by atoms with E-state index in [0.29, 0.717) is 41.2 Å². The van der Waals surface area contributed by atoms with Gasteiger partial charge in [-0.25, -0.2) is 4.99 Å². The largest absolute Gasteiger partial charge is 0.497 e. The number of rotatable bonds is 7. The van der Waals surface area contributed by atoms with E-state index in [1.54, 1.807) is 36.3 Å². The van der Waals surface area contributed by atoms with Gasteiger partial charge in [-0.15, -0.1) is 0 Å². The van der Waals surface area contributed by atoms with Crippen LogP contribution >= 0.6 is 11.8 Å². The van der Waals surface area contributed by atoms with Crippen molar-refractivity contribution in [1.29, 1.82) is 0 Å². The Morgan fingerprint density at radius 3 is 2.50 bits per heavy atom. The van der Waals surface area contributed by atoms with Gasteiger partial charge < -0.3 is 19.9 Å². The first-order chi connectivity index (χ1) is 20.5. The van der Waals surface area contributed by atoms with Gasteiger partial charge in [0, 0.05) is 49.2 Å². The maximum absolute atomic E-state index is 13.4. The maximum atomic E-state index is 13.4. The lowest BCUT2D eigenvalue weighted by Crippen LogP contribution is -2.51. The van der Waals surface area contributed by atoms with Crippen LogP contribution in [0.25, 0.3) is 0 Å². The molecule has 0 radical (unpaired) electrons. The van der Waals surface area contributed by atoms with Crippen LogP contribution in [-0.2, 0) is 14.4 Å². The van der Waals surface area contributed by atoms with Crippen LogP contribution in [0.5, 0.6) is 5.75 Å². The minimum absolute atomic E-state index is 0.0189. The number of carbonyl (C=O) groups is 3. The van der Waals surface area contributed by atoms with Crippen molar-refractivity contribution in [2.45, 2.75) is 12.5 Å². The van der Waals surface area contributed by atoms with Crippen LogP contribution in [0.15, 0.2) is 88.8 Å².